The highest BCUT2D eigenvalue weighted by Crippen LogP contribution is 2.39. The third kappa shape index (κ3) is 3.73. The first-order valence-corrected chi connectivity index (χ1v) is 11.9. The van der Waals surface area contributed by atoms with Crippen LogP contribution in [-0.4, -0.2) is 43.4 Å². The number of anilines is 1. The van der Waals surface area contributed by atoms with Gasteiger partial charge in [0, 0.05) is 18.8 Å². The van der Waals surface area contributed by atoms with Gasteiger partial charge in [0.1, 0.15) is 5.66 Å². The quantitative estimate of drug-likeness (QED) is 0.780. The predicted molar refractivity (Wildman–Crippen MR) is 115 cm³/mol. The molecule has 2 heterocycles. The van der Waals surface area contributed by atoms with Crippen molar-refractivity contribution in [1.29, 1.82) is 0 Å². The Hall–Kier alpha value is -2.13. The maximum absolute atomic E-state index is 13.0. The Morgan fingerprint density at radius 2 is 1.66 bits per heavy atom. The fraction of sp³-hybridized carbons (Fsp3) is 0.600. The number of nitrogens with zero attached hydrogens (tertiary/aromatic N) is 4. The number of sulfonamides is 1. The molecule has 0 unspecified atom stereocenters. The highest BCUT2D eigenvalue weighted by Gasteiger charge is 2.42. The molecule has 8 nitrogen and oxygen atoms in total. The molecule has 1 aromatic carbocycles. The second-order valence-corrected chi connectivity index (χ2v) is 10.3. The molecule has 0 atom stereocenters. The van der Waals surface area contributed by atoms with E-state index < -0.39 is 15.7 Å². The molecule has 3 aliphatic rings. The Morgan fingerprint density at radius 1 is 1.03 bits per heavy atom. The molecule has 1 saturated carbocycles. The average Bonchev–Trinajstić information content (AvgIpc) is 2.68. The van der Waals surface area contributed by atoms with Crippen LogP contribution in [0.4, 0.5) is 5.69 Å². The van der Waals surface area contributed by atoms with E-state index in [4.69, 9.17) is 11.5 Å². The van der Waals surface area contributed by atoms with Crippen LogP contribution in [0.2, 0.25) is 0 Å². The van der Waals surface area contributed by atoms with E-state index >= 15 is 0 Å². The van der Waals surface area contributed by atoms with Crippen LogP contribution in [0.1, 0.15) is 51.9 Å². The first kappa shape index (κ1) is 20.2. The van der Waals surface area contributed by atoms with Gasteiger partial charge in [0.2, 0.25) is 21.9 Å². The molecule has 9 heteroatoms. The van der Waals surface area contributed by atoms with E-state index in [9.17, 15) is 8.42 Å². The SMILES string of the molecule is CC1CCN(S(=O)(=O)c2ccc(N3C(N)=NC(N)=NC34CCCCC4)cc2)CC1. The van der Waals surface area contributed by atoms with E-state index in [1.54, 1.807) is 28.6 Å². The minimum atomic E-state index is -3.48. The average molecular weight is 419 g/mol. The summed E-state index contributed by atoms with van der Waals surface area (Å²) in [6.45, 7) is 3.32. The Morgan fingerprint density at radius 3 is 2.28 bits per heavy atom. The lowest BCUT2D eigenvalue weighted by Gasteiger charge is -2.45. The van der Waals surface area contributed by atoms with Gasteiger partial charge in [0.15, 0.2) is 0 Å². The van der Waals surface area contributed by atoms with E-state index in [1.807, 2.05) is 4.90 Å². The van der Waals surface area contributed by atoms with Gasteiger partial charge in [-0.05, 0) is 68.7 Å². The monoisotopic (exact) mass is 418 g/mol. The summed E-state index contributed by atoms with van der Waals surface area (Å²) >= 11 is 0. The van der Waals surface area contributed by atoms with Crippen molar-refractivity contribution in [3.63, 3.8) is 0 Å². The zero-order valence-electron chi connectivity index (χ0n) is 16.9. The summed E-state index contributed by atoms with van der Waals surface area (Å²) in [5, 5.41) is 0. The molecular formula is C20H30N6O2S. The molecule has 4 N–H and O–H groups in total. The smallest absolute Gasteiger partial charge is 0.243 e. The Balaban J connectivity index is 1.62. The maximum Gasteiger partial charge on any atom is 0.243 e. The number of rotatable bonds is 3. The van der Waals surface area contributed by atoms with Gasteiger partial charge in [0.05, 0.1) is 4.90 Å². The number of benzene rings is 1. The van der Waals surface area contributed by atoms with Crippen LogP contribution >= 0.6 is 0 Å². The fourth-order valence-electron chi connectivity index (χ4n) is 4.64. The summed E-state index contributed by atoms with van der Waals surface area (Å²) in [6.07, 6.45) is 6.74. The molecule has 4 rings (SSSR count). The molecule has 29 heavy (non-hydrogen) atoms. The second-order valence-electron chi connectivity index (χ2n) is 8.40. The van der Waals surface area contributed by atoms with E-state index in [0.717, 1.165) is 50.6 Å². The highest BCUT2D eigenvalue weighted by atomic mass is 32.2. The summed E-state index contributed by atoms with van der Waals surface area (Å²) in [6, 6.07) is 6.92. The fourth-order valence-corrected chi connectivity index (χ4v) is 6.11. The normalized spacial score (nSPS) is 23.7. The number of hydrogen-bond acceptors (Lipinski definition) is 7. The molecule has 0 bridgehead atoms. The first-order valence-electron chi connectivity index (χ1n) is 10.4. The standard InChI is InChI=1S/C20H30N6O2S/c1-15-9-13-25(14-10-15)29(27,28)17-7-5-16(6-8-17)26-19(22)23-18(21)24-20(26)11-3-2-4-12-20/h5-8,15H,2-4,9-14H2,1H3,(H4,21,22,23,24). The zero-order valence-corrected chi connectivity index (χ0v) is 17.7. The molecule has 0 aromatic heterocycles. The third-order valence-electron chi connectivity index (χ3n) is 6.33. The van der Waals surface area contributed by atoms with E-state index in [2.05, 4.69) is 16.9 Å². The maximum atomic E-state index is 13.0. The van der Waals surface area contributed by atoms with Crippen LogP contribution < -0.4 is 16.4 Å². The summed E-state index contributed by atoms with van der Waals surface area (Å²) in [5.41, 5.74) is 12.4. The van der Waals surface area contributed by atoms with Crippen molar-refractivity contribution in [2.75, 3.05) is 18.0 Å². The van der Waals surface area contributed by atoms with Crippen molar-refractivity contribution in [3.8, 4) is 0 Å². The first-order chi connectivity index (χ1) is 13.8. The molecular weight excluding hydrogens is 388 g/mol. The summed E-state index contributed by atoms with van der Waals surface area (Å²) < 4.78 is 27.6. The molecule has 1 spiro atoms. The molecule has 1 saturated heterocycles. The van der Waals surface area contributed by atoms with Gasteiger partial charge in [0.25, 0.3) is 0 Å². The van der Waals surface area contributed by atoms with Gasteiger partial charge in [-0.15, -0.1) is 0 Å². The van der Waals surface area contributed by atoms with Crippen molar-refractivity contribution in [1.82, 2.24) is 4.31 Å². The van der Waals surface area contributed by atoms with Gasteiger partial charge in [-0.25, -0.2) is 13.4 Å². The minimum Gasteiger partial charge on any atom is -0.369 e. The summed E-state index contributed by atoms with van der Waals surface area (Å²) in [5.74, 6) is 1.09. The number of aliphatic imine (C=N–C) groups is 2. The van der Waals surface area contributed by atoms with Gasteiger partial charge in [-0.1, -0.05) is 13.3 Å². The van der Waals surface area contributed by atoms with Crippen LogP contribution in [0, 0.1) is 5.92 Å². The van der Waals surface area contributed by atoms with Crippen LogP contribution in [0.3, 0.4) is 0 Å². The minimum absolute atomic E-state index is 0.208. The number of piperidine rings is 1. The van der Waals surface area contributed by atoms with Crippen LogP contribution in [-0.2, 0) is 10.0 Å². The third-order valence-corrected chi connectivity index (χ3v) is 8.24. The van der Waals surface area contributed by atoms with Crippen molar-refractivity contribution in [3.05, 3.63) is 24.3 Å². The molecule has 0 radical (unpaired) electrons. The van der Waals surface area contributed by atoms with Crippen molar-refractivity contribution in [2.24, 2.45) is 27.4 Å². The predicted octanol–water partition coefficient (Wildman–Crippen LogP) is 2.22. The number of guanidine groups is 2. The van der Waals surface area contributed by atoms with Crippen molar-refractivity contribution < 1.29 is 8.42 Å². The Kier molecular flexibility index (Phi) is 5.29. The van der Waals surface area contributed by atoms with Crippen molar-refractivity contribution >= 4 is 27.6 Å². The molecule has 1 aromatic rings. The van der Waals surface area contributed by atoms with Gasteiger partial charge in [-0.3, -0.25) is 4.90 Å². The number of nitrogens with two attached hydrogens (primary N) is 2. The highest BCUT2D eigenvalue weighted by molar-refractivity contribution is 7.89. The Labute approximate surface area is 172 Å². The molecule has 0 amide bonds. The van der Waals surface area contributed by atoms with E-state index in [-0.39, 0.29) is 5.96 Å². The lowest BCUT2D eigenvalue weighted by Crippen LogP contribution is -2.58. The van der Waals surface area contributed by atoms with E-state index in [1.165, 1.54) is 0 Å². The molecule has 1 aliphatic carbocycles. The van der Waals surface area contributed by atoms with Crippen LogP contribution in [0.5, 0.6) is 0 Å². The summed E-state index contributed by atoms with van der Waals surface area (Å²) in [4.78, 5) is 11.1. The zero-order chi connectivity index (χ0) is 20.6. The molecule has 2 fully saturated rings. The molecule has 158 valence electrons. The Bertz CT molecular complexity index is 911. The van der Waals surface area contributed by atoms with Crippen LogP contribution in [0.25, 0.3) is 0 Å². The van der Waals surface area contributed by atoms with Crippen LogP contribution in [0.15, 0.2) is 39.1 Å². The number of hydrogen-bond donors (Lipinski definition) is 2. The lowest BCUT2D eigenvalue weighted by atomic mass is 9.87. The largest absolute Gasteiger partial charge is 0.369 e. The summed E-state index contributed by atoms with van der Waals surface area (Å²) in [7, 11) is -3.48. The van der Waals surface area contributed by atoms with Gasteiger partial charge < -0.3 is 11.5 Å². The topological polar surface area (TPSA) is 117 Å². The lowest BCUT2D eigenvalue weighted by molar-refractivity contribution is 0.288. The van der Waals surface area contributed by atoms with Crippen molar-refractivity contribution in [2.45, 2.75) is 62.4 Å². The van der Waals surface area contributed by atoms with Gasteiger partial charge >= 0.3 is 0 Å². The van der Waals surface area contributed by atoms with Gasteiger partial charge in [-0.2, -0.15) is 9.30 Å². The van der Waals surface area contributed by atoms with E-state index in [0.29, 0.717) is 29.9 Å². The molecule has 2 aliphatic heterocycles. The second kappa shape index (κ2) is 7.60.